The van der Waals surface area contributed by atoms with Gasteiger partial charge in [0.15, 0.2) is 0 Å². The SMILES string of the molecule is c1cnc2ccc(-c3ccsc3)cc2c1. The fourth-order valence-electron chi connectivity index (χ4n) is 1.68. The zero-order chi connectivity index (χ0) is 10.1. The van der Waals surface area contributed by atoms with E-state index in [1.54, 1.807) is 11.3 Å². The molecule has 72 valence electrons. The number of hydrogen-bond donors (Lipinski definition) is 0. The molecule has 0 spiro atoms. The molecule has 0 atom stereocenters. The van der Waals surface area contributed by atoms with E-state index in [9.17, 15) is 0 Å². The van der Waals surface area contributed by atoms with Crippen LogP contribution in [0.1, 0.15) is 0 Å². The summed E-state index contributed by atoms with van der Waals surface area (Å²) >= 11 is 1.72. The van der Waals surface area contributed by atoms with Crippen molar-refractivity contribution >= 4 is 22.2 Å². The van der Waals surface area contributed by atoms with Crippen molar-refractivity contribution in [1.82, 2.24) is 4.98 Å². The van der Waals surface area contributed by atoms with Crippen LogP contribution >= 0.6 is 11.3 Å². The number of aromatic nitrogens is 1. The molecule has 0 bridgehead atoms. The molecule has 3 aromatic rings. The van der Waals surface area contributed by atoms with Crippen molar-refractivity contribution < 1.29 is 0 Å². The summed E-state index contributed by atoms with van der Waals surface area (Å²) in [6.07, 6.45) is 1.83. The lowest BCUT2D eigenvalue weighted by Gasteiger charge is -2.00. The van der Waals surface area contributed by atoms with E-state index in [1.165, 1.54) is 16.5 Å². The largest absolute Gasteiger partial charge is 0.256 e. The van der Waals surface area contributed by atoms with E-state index in [2.05, 4.69) is 46.1 Å². The Bertz CT molecular complexity index is 584. The van der Waals surface area contributed by atoms with Crippen LogP contribution in [0.4, 0.5) is 0 Å². The molecular weight excluding hydrogens is 202 g/mol. The molecule has 1 nitrogen and oxygen atoms in total. The highest BCUT2D eigenvalue weighted by molar-refractivity contribution is 7.08. The molecule has 0 saturated carbocycles. The van der Waals surface area contributed by atoms with Gasteiger partial charge < -0.3 is 0 Å². The maximum Gasteiger partial charge on any atom is 0.0702 e. The molecule has 0 amide bonds. The second-order valence-electron chi connectivity index (χ2n) is 3.42. The van der Waals surface area contributed by atoms with E-state index in [0.29, 0.717) is 0 Å². The summed E-state index contributed by atoms with van der Waals surface area (Å²) in [5, 5.41) is 5.46. The van der Waals surface area contributed by atoms with E-state index < -0.39 is 0 Å². The van der Waals surface area contributed by atoms with Crippen LogP contribution in [-0.2, 0) is 0 Å². The van der Waals surface area contributed by atoms with Gasteiger partial charge in [-0.2, -0.15) is 11.3 Å². The van der Waals surface area contributed by atoms with Crippen LogP contribution in [0.3, 0.4) is 0 Å². The average Bonchev–Trinajstić information content (AvgIpc) is 2.82. The third-order valence-electron chi connectivity index (χ3n) is 2.46. The summed E-state index contributed by atoms with van der Waals surface area (Å²) in [5.74, 6) is 0. The van der Waals surface area contributed by atoms with Crippen LogP contribution in [-0.4, -0.2) is 4.98 Å². The van der Waals surface area contributed by atoms with E-state index in [1.807, 2.05) is 12.3 Å². The van der Waals surface area contributed by atoms with Crippen molar-refractivity contribution in [2.45, 2.75) is 0 Å². The molecule has 0 aliphatic carbocycles. The van der Waals surface area contributed by atoms with E-state index >= 15 is 0 Å². The molecule has 1 aromatic carbocycles. The summed E-state index contributed by atoms with van der Waals surface area (Å²) in [6.45, 7) is 0. The van der Waals surface area contributed by atoms with Gasteiger partial charge in [-0.1, -0.05) is 12.1 Å². The number of pyridine rings is 1. The second kappa shape index (κ2) is 3.48. The fraction of sp³-hybridized carbons (Fsp3) is 0. The Balaban J connectivity index is 2.22. The second-order valence-corrected chi connectivity index (χ2v) is 4.20. The van der Waals surface area contributed by atoms with Crippen molar-refractivity contribution in [2.24, 2.45) is 0 Å². The molecule has 2 heterocycles. The molecular formula is C13H9NS. The molecule has 0 aliphatic heterocycles. The van der Waals surface area contributed by atoms with Crippen LogP contribution < -0.4 is 0 Å². The summed E-state index contributed by atoms with van der Waals surface area (Å²) in [7, 11) is 0. The zero-order valence-corrected chi connectivity index (χ0v) is 8.87. The zero-order valence-electron chi connectivity index (χ0n) is 8.05. The number of fused-ring (bicyclic) bond motifs is 1. The molecule has 0 radical (unpaired) electrons. The van der Waals surface area contributed by atoms with Gasteiger partial charge in [-0.3, -0.25) is 4.98 Å². The number of benzene rings is 1. The Morgan fingerprint density at radius 1 is 1.00 bits per heavy atom. The Morgan fingerprint density at radius 2 is 2.00 bits per heavy atom. The molecule has 0 N–H and O–H groups in total. The Labute approximate surface area is 92.0 Å². The number of rotatable bonds is 1. The lowest BCUT2D eigenvalue weighted by Crippen LogP contribution is -1.78. The highest BCUT2D eigenvalue weighted by Gasteiger charge is 1.99. The molecule has 2 heteroatoms. The molecule has 0 aliphatic rings. The van der Waals surface area contributed by atoms with Gasteiger partial charge in [0.1, 0.15) is 0 Å². The summed E-state index contributed by atoms with van der Waals surface area (Å²) < 4.78 is 0. The van der Waals surface area contributed by atoms with Gasteiger partial charge in [0, 0.05) is 11.6 Å². The normalized spacial score (nSPS) is 10.7. The predicted molar refractivity (Wildman–Crippen MR) is 65.1 cm³/mol. The van der Waals surface area contributed by atoms with Gasteiger partial charge in [0.25, 0.3) is 0 Å². The minimum absolute atomic E-state index is 1.05. The third kappa shape index (κ3) is 1.53. The quantitative estimate of drug-likeness (QED) is 0.593. The van der Waals surface area contributed by atoms with Crippen molar-refractivity contribution in [3.8, 4) is 11.1 Å². The van der Waals surface area contributed by atoms with Gasteiger partial charge in [0.05, 0.1) is 5.52 Å². The smallest absolute Gasteiger partial charge is 0.0702 e. The fourth-order valence-corrected chi connectivity index (χ4v) is 2.35. The lowest BCUT2D eigenvalue weighted by atomic mass is 10.1. The van der Waals surface area contributed by atoms with E-state index in [4.69, 9.17) is 0 Å². The molecule has 3 rings (SSSR count). The number of thiophene rings is 1. The first kappa shape index (κ1) is 8.62. The van der Waals surface area contributed by atoms with Crippen LogP contribution in [0.25, 0.3) is 22.0 Å². The van der Waals surface area contributed by atoms with Gasteiger partial charge >= 0.3 is 0 Å². The maximum atomic E-state index is 4.31. The van der Waals surface area contributed by atoms with E-state index in [0.717, 1.165) is 5.52 Å². The van der Waals surface area contributed by atoms with Crippen molar-refractivity contribution in [2.75, 3.05) is 0 Å². The van der Waals surface area contributed by atoms with Crippen LogP contribution in [0, 0.1) is 0 Å². The lowest BCUT2D eigenvalue weighted by molar-refractivity contribution is 1.41. The summed E-state index contributed by atoms with van der Waals surface area (Å²) in [4.78, 5) is 4.31. The first-order valence-electron chi connectivity index (χ1n) is 4.81. The van der Waals surface area contributed by atoms with Crippen LogP contribution in [0.15, 0.2) is 53.4 Å². The highest BCUT2D eigenvalue weighted by atomic mass is 32.1. The minimum Gasteiger partial charge on any atom is -0.256 e. The molecule has 0 saturated heterocycles. The topological polar surface area (TPSA) is 12.9 Å². The maximum absolute atomic E-state index is 4.31. The Morgan fingerprint density at radius 3 is 2.87 bits per heavy atom. The van der Waals surface area contributed by atoms with Crippen molar-refractivity contribution in [1.29, 1.82) is 0 Å². The van der Waals surface area contributed by atoms with E-state index in [-0.39, 0.29) is 0 Å². The number of nitrogens with zero attached hydrogens (tertiary/aromatic N) is 1. The van der Waals surface area contributed by atoms with Gasteiger partial charge in [-0.05, 0) is 46.2 Å². The summed E-state index contributed by atoms with van der Waals surface area (Å²) in [5.41, 5.74) is 3.60. The van der Waals surface area contributed by atoms with Crippen molar-refractivity contribution in [3.05, 3.63) is 53.4 Å². The first-order chi connectivity index (χ1) is 7.43. The van der Waals surface area contributed by atoms with Gasteiger partial charge in [-0.25, -0.2) is 0 Å². The monoisotopic (exact) mass is 211 g/mol. The Hall–Kier alpha value is -1.67. The minimum atomic E-state index is 1.05. The first-order valence-corrected chi connectivity index (χ1v) is 5.75. The van der Waals surface area contributed by atoms with Crippen LogP contribution in [0.2, 0.25) is 0 Å². The molecule has 0 unspecified atom stereocenters. The van der Waals surface area contributed by atoms with Crippen molar-refractivity contribution in [3.63, 3.8) is 0 Å². The molecule has 2 aromatic heterocycles. The number of hydrogen-bond acceptors (Lipinski definition) is 2. The standard InChI is InChI=1S/C13H9NS/c1-2-11-8-10(12-5-7-15-9-12)3-4-13(11)14-6-1/h1-9H. The highest BCUT2D eigenvalue weighted by Crippen LogP contribution is 2.25. The molecule has 15 heavy (non-hydrogen) atoms. The summed E-state index contributed by atoms with van der Waals surface area (Å²) in [6, 6.07) is 12.6. The molecule has 0 fully saturated rings. The van der Waals surface area contributed by atoms with Gasteiger partial charge in [-0.15, -0.1) is 0 Å². The predicted octanol–water partition coefficient (Wildman–Crippen LogP) is 3.96. The Kier molecular flexibility index (Phi) is 2.00. The van der Waals surface area contributed by atoms with Crippen LogP contribution in [0.5, 0.6) is 0 Å². The average molecular weight is 211 g/mol. The van der Waals surface area contributed by atoms with Gasteiger partial charge in [0.2, 0.25) is 0 Å². The third-order valence-corrected chi connectivity index (χ3v) is 3.14.